The highest BCUT2D eigenvalue weighted by Gasteiger charge is 2.50. The van der Waals surface area contributed by atoms with Crippen molar-refractivity contribution < 1.29 is 14.3 Å². The number of benzene rings is 1. The van der Waals surface area contributed by atoms with Gasteiger partial charge in [-0.25, -0.2) is 0 Å². The summed E-state index contributed by atoms with van der Waals surface area (Å²) in [5.41, 5.74) is -1.38. The topological polar surface area (TPSA) is 35.5 Å². The van der Waals surface area contributed by atoms with Crippen LogP contribution in [0, 0.1) is 0 Å². The third kappa shape index (κ3) is 1.50. The molecule has 3 rings (SSSR count). The zero-order chi connectivity index (χ0) is 14.2. The Balaban J connectivity index is 2.21. The number of Topliss-reactive ketones (excluding diaryl/α,β-unsaturated/α-hetero) is 1. The van der Waals surface area contributed by atoms with Crippen LogP contribution in [0.4, 0.5) is 0 Å². The van der Waals surface area contributed by atoms with Gasteiger partial charge in [-0.2, -0.15) is 0 Å². The van der Waals surface area contributed by atoms with Crippen molar-refractivity contribution in [1.29, 1.82) is 0 Å². The van der Waals surface area contributed by atoms with Crippen LogP contribution in [0.25, 0.3) is 0 Å². The average molecular weight is 235 g/mol. The van der Waals surface area contributed by atoms with E-state index < -0.39 is 21.8 Å². The summed E-state index contributed by atoms with van der Waals surface area (Å²) in [6.07, 6.45) is 0. The summed E-state index contributed by atoms with van der Waals surface area (Å²) in [5, 5.41) is -3.64. The van der Waals surface area contributed by atoms with E-state index in [1.165, 1.54) is 12.1 Å². The summed E-state index contributed by atoms with van der Waals surface area (Å²) in [6, 6.07) is 2.77. The predicted molar refractivity (Wildman–Crippen MR) is 73.7 cm³/mol. The maximum atomic E-state index is 12.1. The van der Waals surface area contributed by atoms with Crippen molar-refractivity contribution in [1.82, 2.24) is 0 Å². The van der Waals surface area contributed by atoms with Gasteiger partial charge in [0.1, 0.15) is 0 Å². The van der Waals surface area contributed by atoms with Crippen LogP contribution < -0.4 is 9.47 Å². The Kier molecular flexibility index (Phi) is 2.24. The molecule has 1 heterocycles. The van der Waals surface area contributed by atoms with Crippen molar-refractivity contribution in [2.24, 2.45) is 0 Å². The minimum absolute atomic E-state index is 0.162. The Hall–Kier alpha value is -1.12. The normalized spacial score (nSPS) is 24.1. The lowest BCUT2D eigenvalue weighted by Crippen LogP contribution is -2.42. The van der Waals surface area contributed by atoms with Gasteiger partial charge < -0.3 is 9.47 Å². The molecule has 1 aromatic rings. The maximum Gasteiger partial charge on any atom is 0.175 e. The van der Waals surface area contributed by atoms with Crippen LogP contribution in [0.5, 0.6) is 11.5 Å². The Labute approximate surface area is 118 Å². The number of hydrogen-bond acceptors (Lipinski definition) is 3. The smallest absolute Gasteiger partial charge is 0.175 e. The first-order valence-corrected chi connectivity index (χ1v) is 5.41. The first-order valence-electron chi connectivity index (χ1n) is 5.41. The molecule has 0 bridgehead atoms. The molecule has 3 nitrogen and oxygen atoms in total. The Bertz CT molecular complexity index is 610. The Morgan fingerprint density at radius 3 is 1.95 bits per heavy atom. The molecule has 1 aliphatic carbocycles. The fraction of sp³-hybridized carbons (Fsp3) is 0.300. The number of hydrogen-bond donors (Lipinski definition) is 0. The first kappa shape index (κ1) is 12.9. The minimum atomic E-state index is -1.91. The third-order valence-corrected chi connectivity index (χ3v) is 3.37. The maximum absolute atomic E-state index is 12.1. The van der Waals surface area contributed by atoms with Gasteiger partial charge in [0.15, 0.2) is 38.6 Å². The molecule has 0 saturated heterocycles. The summed E-state index contributed by atoms with van der Waals surface area (Å²) in [4.78, 5) is 12.1. The largest absolute Gasteiger partial charge is 0.468 e. The molecule has 78 valence electrons. The summed E-state index contributed by atoms with van der Waals surface area (Å²) in [6.45, 7) is 0. The van der Waals surface area contributed by atoms with Crippen LogP contribution in [0.3, 0.4) is 0 Å². The molecule has 9 heteroatoms. The second kappa shape index (κ2) is 3.31. The van der Waals surface area contributed by atoms with E-state index in [4.69, 9.17) is 56.6 Å². The number of rotatable bonds is 0. The molecule has 0 aromatic heterocycles. The van der Waals surface area contributed by atoms with E-state index in [0.29, 0.717) is 0 Å². The van der Waals surface area contributed by atoms with Gasteiger partial charge in [0.2, 0.25) is 0 Å². The van der Waals surface area contributed by atoms with E-state index in [-0.39, 0.29) is 22.6 Å². The highest BCUT2D eigenvalue weighted by Crippen LogP contribution is 2.52. The molecule has 0 atom stereocenters. The van der Waals surface area contributed by atoms with Gasteiger partial charge in [-0.3, -0.25) is 4.79 Å². The van der Waals surface area contributed by atoms with Crippen LogP contribution in [-0.2, 0) is 5.21 Å². The van der Waals surface area contributed by atoms with Crippen LogP contribution in [0.2, 0.25) is 5.21 Å². The second-order valence-electron chi connectivity index (χ2n) is 4.84. The molecule has 19 heavy (non-hydrogen) atoms. The zero-order valence-corrected chi connectivity index (χ0v) is 9.84. The number of ether oxygens (including phenoxy) is 2. The van der Waals surface area contributed by atoms with Crippen LogP contribution in [0.15, 0.2) is 12.1 Å². The van der Waals surface area contributed by atoms with Crippen molar-refractivity contribution in [3.05, 3.63) is 23.3 Å². The molecular weight excluding hydrogens is 233 g/mol. The fourth-order valence-electron chi connectivity index (χ4n) is 2.25. The van der Waals surface area contributed by atoms with E-state index >= 15 is 0 Å². The summed E-state index contributed by atoms with van der Waals surface area (Å²) in [7, 11) is 34.1. The molecule has 2 aliphatic rings. The molecule has 1 aromatic carbocycles. The Morgan fingerprint density at radius 1 is 0.842 bits per heavy atom. The first-order chi connectivity index (χ1) is 8.56. The number of fused-ring (bicyclic) bond motifs is 2. The second-order valence-corrected chi connectivity index (χ2v) is 4.84. The van der Waals surface area contributed by atoms with E-state index in [1.807, 2.05) is 0 Å². The van der Waals surface area contributed by atoms with E-state index in [2.05, 4.69) is 0 Å². The van der Waals surface area contributed by atoms with Gasteiger partial charge in [0, 0.05) is 5.56 Å². The zero-order valence-electron chi connectivity index (χ0n) is 9.84. The number of carbonyl (C=O) groups excluding carboxylic acids is 1. The lowest BCUT2D eigenvalue weighted by molar-refractivity contribution is 0.0830. The SMILES string of the molecule is [B]C1([B])Oc2cc3c(cc2O1)C([B])([B])C([B])([B])C3=O. The molecule has 0 unspecified atom stereocenters. The number of ketones is 1. The van der Waals surface area contributed by atoms with Gasteiger partial charge in [0.05, 0.1) is 31.4 Å². The van der Waals surface area contributed by atoms with Crippen LogP contribution in [0.1, 0.15) is 15.9 Å². The quantitative estimate of drug-likeness (QED) is 0.516. The molecular formula is C10H2B6O3. The monoisotopic (exact) mass is 236 g/mol. The predicted octanol–water partition coefficient (Wildman–Crippen LogP) is -1.45. The minimum Gasteiger partial charge on any atom is -0.468 e. The van der Waals surface area contributed by atoms with Gasteiger partial charge in [-0.15, -0.1) is 0 Å². The lowest BCUT2D eigenvalue weighted by Gasteiger charge is -2.36. The lowest BCUT2D eigenvalue weighted by atomic mass is 9.30. The van der Waals surface area contributed by atoms with Crippen LogP contribution >= 0.6 is 0 Å². The summed E-state index contributed by atoms with van der Waals surface area (Å²) in [5.74, 6) is -0.175. The standard InChI is InChI=1S/C10H2B6O3/c11-8(12)4-2-6-5(18-10(15,16)19-6)1-3(4)7(17)9(8,13)14/h1-2H. The summed E-state index contributed by atoms with van der Waals surface area (Å²) >= 11 is 0. The highest BCUT2D eigenvalue weighted by molar-refractivity contribution is 6.65. The van der Waals surface area contributed by atoms with Crippen molar-refractivity contribution in [3.63, 3.8) is 0 Å². The molecule has 0 fully saturated rings. The molecule has 0 saturated carbocycles. The highest BCUT2D eigenvalue weighted by atomic mass is 16.7. The third-order valence-electron chi connectivity index (χ3n) is 3.37. The van der Waals surface area contributed by atoms with Gasteiger partial charge in [-0.05, 0) is 22.9 Å². The summed E-state index contributed by atoms with van der Waals surface area (Å²) < 4.78 is 10.3. The molecule has 12 radical (unpaired) electrons. The van der Waals surface area contributed by atoms with E-state index in [1.54, 1.807) is 0 Å². The average Bonchev–Trinajstić information content (AvgIpc) is 2.63. The van der Waals surface area contributed by atoms with Crippen molar-refractivity contribution in [3.8, 4) is 11.5 Å². The van der Waals surface area contributed by atoms with Crippen molar-refractivity contribution >= 4 is 52.9 Å². The van der Waals surface area contributed by atoms with Crippen molar-refractivity contribution in [2.75, 3.05) is 0 Å². The molecule has 0 N–H and O–H groups in total. The Morgan fingerprint density at radius 2 is 1.37 bits per heavy atom. The van der Waals surface area contributed by atoms with Gasteiger partial charge >= 0.3 is 0 Å². The van der Waals surface area contributed by atoms with E-state index in [9.17, 15) is 4.79 Å². The van der Waals surface area contributed by atoms with Crippen LogP contribution in [-0.4, -0.2) is 58.4 Å². The molecule has 0 spiro atoms. The van der Waals surface area contributed by atoms with Crippen molar-refractivity contribution in [2.45, 2.75) is 16.0 Å². The molecule has 0 amide bonds. The fourth-order valence-corrected chi connectivity index (χ4v) is 2.25. The van der Waals surface area contributed by atoms with Gasteiger partial charge in [-0.1, -0.05) is 5.21 Å². The number of carbonyl (C=O) groups is 1. The van der Waals surface area contributed by atoms with E-state index in [0.717, 1.165) is 0 Å². The van der Waals surface area contributed by atoms with Gasteiger partial charge in [0.25, 0.3) is 0 Å². The molecule has 1 aliphatic heterocycles.